The van der Waals surface area contributed by atoms with Crippen molar-refractivity contribution in [2.24, 2.45) is 5.92 Å². The van der Waals surface area contributed by atoms with Crippen molar-refractivity contribution >= 4 is 0 Å². The molecule has 3 atom stereocenters. The Balaban J connectivity index is 2.09. The molecule has 0 spiro atoms. The molecule has 2 heterocycles. The SMILES string of the molecule is C[C@@H]1C[C@@H]2CNC[C@@H]2N1C. The number of likely N-dealkylation sites (N-methyl/N-ethyl adjacent to an activating group) is 1. The van der Waals surface area contributed by atoms with Crippen LogP contribution >= 0.6 is 0 Å². The van der Waals surface area contributed by atoms with Gasteiger partial charge in [-0.15, -0.1) is 0 Å². The number of nitrogens with zero attached hydrogens (tertiary/aromatic N) is 1. The minimum atomic E-state index is 0.817. The number of nitrogens with one attached hydrogen (secondary N) is 1. The molecule has 0 saturated carbocycles. The summed E-state index contributed by atoms with van der Waals surface area (Å²) in [4.78, 5) is 2.52. The van der Waals surface area contributed by atoms with Crippen LogP contribution in [0.1, 0.15) is 13.3 Å². The summed E-state index contributed by atoms with van der Waals surface area (Å²) in [7, 11) is 2.25. The molecule has 10 heavy (non-hydrogen) atoms. The average molecular weight is 140 g/mol. The van der Waals surface area contributed by atoms with Crippen LogP contribution in [0.15, 0.2) is 0 Å². The molecule has 2 aliphatic rings. The lowest BCUT2D eigenvalue weighted by Crippen LogP contribution is -2.34. The van der Waals surface area contributed by atoms with Crippen LogP contribution in [0.4, 0.5) is 0 Å². The van der Waals surface area contributed by atoms with Crippen LogP contribution in [0.2, 0.25) is 0 Å². The maximum Gasteiger partial charge on any atom is 0.0261 e. The summed E-state index contributed by atoms with van der Waals surface area (Å²) in [5, 5.41) is 3.43. The van der Waals surface area contributed by atoms with Gasteiger partial charge in [-0.2, -0.15) is 0 Å². The molecule has 2 aliphatic heterocycles. The zero-order valence-electron chi connectivity index (χ0n) is 6.80. The second kappa shape index (κ2) is 2.21. The van der Waals surface area contributed by atoms with E-state index in [1.54, 1.807) is 0 Å². The topological polar surface area (TPSA) is 15.3 Å². The van der Waals surface area contributed by atoms with Gasteiger partial charge < -0.3 is 5.32 Å². The van der Waals surface area contributed by atoms with E-state index in [2.05, 4.69) is 24.2 Å². The molecule has 0 radical (unpaired) electrons. The Morgan fingerprint density at radius 2 is 2.20 bits per heavy atom. The van der Waals surface area contributed by atoms with Crippen LogP contribution in [0.5, 0.6) is 0 Å². The summed E-state index contributed by atoms with van der Waals surface area (Å²) in [5.74, 6) is 0.944. The highest BCUT2D eigenvalue weighted by Crippen LogP contribution is 2.30. The van der Waals surface area contributed by atoms with Crippen molar-refractivity contribution in [3.8, 4) is 0 Å². The van der Waals surface area contributed by atoms with Gasteiger partial charge in [0.25, 0.3) is 0 Å². The van der Waals surface area contributed by atoms with Crippen molar-refractivity contribution in [2.75, 3.05) is 20.1 Å². The van der Waals surface area contributed by atoms with E-state index in [1.165, 1.54) is 19.5 Å². The zero-order valence-corrected chi connectivity index (χ0v) is 6.80. The quantitative estimate of drug-likeness (QED) is 0.520. The molecule has 2 rings (SSSR count). The largest absolute Gasteiger partial charge is 0.315 e. The molecule has 58 valence electrons. The fraction of sp³-hybridized carbons (Fsp3) is 1.00. The molecule has 0 aromatic heterocycles. The summed E-state index contributed by atoms with van der Waals surface area (Å²) >= 11 is 0. The first-order valence-corrected chi connectivity index (χ1v) is 4.21. The molecule has 0 amide bonds. The van der Waals surface area contributed by atoms with Crippen LogP contribution in [0.25, 0.3) is 0 Å². The van der Waals surface area contributed by atoms with E-state index in [4.69, 9.17) is 0 Å². The Labute approximate surface area is 62.6 Å². The monoisotopic (exact) mass is 140 g/mol. The van der Waals surface area contributed by atoms with Crippen LogP contribution in [0, 0.1) is 5.92 Å². The number of likely N-dealkylation sites (tertiary alicyclic amines) is 1. The van der Waals surface area contributed by atoms with E-state index in [0.717, 1.165) is 18.0 Å². The Bertz CT molecular complexity index is 133. The highest BCUT2D eigenvalue weighted by atomic mass is 15.2. The molecule has 0 aliphatic carbocycles. The Morgan fingerprint density at radius 3 is 2.90 bits per heavy atom. The average Bonchev–Trinajstić information content (AvgIpc) is 2.41. The van der Waals surface area contributed by atoms with Gasteiger partial charge in [0.15, 0.2) is 0 Å². The van der Waals surface area contributed by atoms with Gasteiger partial charge in [0, 0.05) is 18.6 Å². The maximum atomic E-state index is 3.43. The minimum absolute atomic E-state index is 0.817. The van der Waals surface area contributed by atoms with Gasteiger partial charge in [0.1, 0.15) is 0 Å². The Kier molecular flexibility index (Phi) is 1.46. The lowest BCUT2D eigenvalue weighted by atomic mass is 10.0. The third kappa shape index (κ3) is 0.789. The first-order valence-electron chi connectivity index (χ1n) is 4.21. The Hall–Kier alpha value is -0.0800. The van der Waals surface area contributed by atoms with Crippen molar-refractivity contribution in [2.45, 2.75) is 25.4 Å². The van der Waals surface area contributed by atoms with Gasteiger partial charge >= 0.3 is 0 Å². The van der Waals surface area contributed by atoms with Crippen molar-refractivity contribution in [3.05, 3.63) is 0 Å². The van der Waals surface area contributed by atoms with Crippen LogP contribution in [-0.4, -0.2) is 37.1 Å². The van der Waals surface area contributed by atoms with E-state index < -0.39 is 0 Å². The van der Waals surface area contributed by atoms with E-state index in [0.29, 0.717) is 0 Å². The van der Waals surface area contributed by atoms with Crippen LogP contribution < -0.4 is 5.32 Å². The summed E-state index contributed by atoms with van der Waals surface area (Å²) in [5.41, 5.74) is 0. The number of rotatable bonds is 0. The fourth-order valence-corrected chi connectivity index (χ4v) is 2.37. The molecule has 0 bridgehead atoms. The van der Waals surface area contributed by atoms with Gasteiger partial charge in [0.2, 0.25) is 0 Å². The molecule has 0 aromatic carbocycles. The lowest BCUT2D eigenvalue weighted by molar-refractivity contribution is 0.255. The lowest BCUT2D eigenvalue weighted by Gasteiger charge is -2.21. The molecule has 2 nitrogen and oxygen atoms in total. The fourth-order valence-electron chi connectivity index (χ4n) is 2.37. The molecule has 0 aromatic rings. The summed E-state index contributed by atoms with van der Waals surface area (Å²) in [6.45, 7) is 4.79. The van der Waals surface area contributed by atoms with Gasteiger partial charge in [0.05, 0.1) is 0 Å². The number of hydrogen-bond donors (Lipinski definition) is 1. The van der Waals surface area contributed by atoms with E-state index in [-0.39, 0.29) is 0 Å². The predicted molar refractivity (Wildman–Crippen MR) is 42.0 cm³/mol. The third-order valence-electron chi connectivity index (χ3n) is 3.17. The predicted octanol–water partition coefficient (Wildman–Crippen LogP) is 0.298. The molecular formula is C8H16N2. The first-order chi connectivity index (χ1) is 4.79. The number of hydrogen-bond acceptors (Lipinski definition) is 2. The normalized spacial score (nSPS) is 48.0. The van der Waals surface area contributed by atoms with Crippen LogP contribution in [0.3, 0.4) is 0 Å². The van der Waals surface area contributed by atoms with E-state index in [9.17, 15) is 0 Å². The highest BCUT2D eigenvalue weighted by molar-refractivity contribution is 4.96. The molecule has 0 unspecified atom stereocenters. The van der Waals surface area contributed by atoms with E-state index in [1.807, 2.05) is 0 Å². The molecular weight excluding hydrogens is 124 g/mol. The third-order valence-corrected chi connectivity index (χ3v) is 3.17. The smallest absolute Gasteiger partial charge is 0.0261 e. The van der Waals surface area contributed by atoms with Crippen LogP contribution in [-0.2, 0) is 0 Å². The van der Waals surface area contributed by atoms with Gasteiger partial charge in [-0.1, -0.05) is 0 Å². The molecule has 2 saturated heterocycles. The van der Waals surface area contributed by atoms with Crippen molar-refractivity contribution < 1.29 is 0 Å². The van der Waals surface area contributed by atoms with Gasteiger partial charge in [-0.05, 0) is 32.9 Å². The minimum Gasteiger partial charge on any atom is -0.315 e. The summed E-state index contributed by atoms with van der Waals surface area (Å²) in [6.07, 6.45) is 1.40. The first kappa shape index (κ1) is 6.62. The van der Waals surface area contributed by atoms with Gasteiger partial charge in [-0.25, -0.2) is 0 Å². The Morgan fingerprint density at radius 1 is 1.40 bits per heavy atom. The summed E-state index contributed by atoms with van der Waals surface area (Å²) in [6, 6.07) is 1.66. The second-order valence-corrected chi connectivity index (χ2v) is 3.74. The maximum absolute atomic E-state index is 3.43. The van der Waals surface area contributed by atoms with Crippen molar-refractivity contribution in [1.29, 1.82) is 0 Å². The molecule has 1 N–H and O–H groups in total. The standard InChI is InChI=1S/C8H16N2/c1-6-3-7-4-9-5-8(7)10(6)2/h6-9H,3-5H2,1-2H3/t6-,7-,8+/m1/s1. The second-order valence-electron chi connectivity index (χ2n) is 3.74. The number of fused-ring (bicyclic) bond motifs is 1. The highest BCUT2D eigenvalue weighted by Gasteiger charge is 2.39. The zero-order chi connectivity index (χ0) is 7.14. The summed E-state index contributed by atoms with van der Waals surface area (Å²) < 4.78 is 0. The van der Waals surface area contributed by atoms with Crippen molar-refractivity contribution in [3.63, 3.8) is 0 Å². The van der Waals surface area contributed by atoms with Crippen molar-refractivity contribution in [1.82, 2.24) is 10.2 Å². The molecule has 2 heteroatoms. The van der Waals surface area contributed by atoms with E-state index >= 15 is 0 Å². The van der Waals surface area contributed by atoms with Gasteiger partial charge in [-0.3, -0.25) is 4.90 Å². The molecule has 2 fully saturated rings.